The molecule has 2 atom stereocenters. The number of nitrogens with one attached hydrogen (secondary N) is 1. The van der Waals surface area contributed by atoms with Gasteiger partial charge in [0.25, 0.3) is 0 Å². The van der Waals surface area contributed by atoms with Crippen LogP contribution in [0.25, 0.3) is 0 Å². The highest BCUT2D eigenvalue weighted by Crippen LogP contribution is 2.17. The summed E-state index contributed by atoms with van der Waals surface area (Å²) in [4.78, 5) is 24.4. The third-order valence-corrected chi connectivity index (χ3v) is 12.1. The van der Waals surface area contributed by atoms with Crippen molar-refractivity contribution in [3.8, 4) is 0 Å². The first-order chi connectivity index (χ1) is 28.5. The molecule has 0 heterocycles. The molecule has 0 aliphatic heterocycles. The number of hydrogen-bond donors (Lipinski definition) is 3. The standard InChI is InChI=1S/C52H101NO5/c1-3-5-7-9-11-13-15-16-17-18-19-20-21-22-23-24-26-28-32-36-40-44-50(55)49(48-54)53-51(56)45-41-37-33-29-27-31-35-39-43-47-58-52(57)46-42-38-34-30-25-14-12-10-8-6-4-2/h29,33,49-50,54-55H,3-28,30-32,34-48H2,1-2H3,(H,53,56)/b33-29-. The Bertz CT molecular complexity index is 863. The Hall–Kier alpha value is -1.40. The summed E-state index contributed by atoms with van der Waals surface area (Å²) >= 11 is 0. The van der Waals surface area contributed by atoms with Gasteiger partial charge < -0.3 is 20.3 Å². The molecule has 6 heteroatoms. The fraction of sp³-hybridized carbons (Fsp3) is 0.923. The van der Waals surface area contributed by atoms with E-state index in [-0.39, 0.29) is 18.5 Å². The van der Waals surface area contributed by atoms with Crippen LogP contribution in [0.2, 0.25) is 0 Å². The van der Waals surface area contributed by atoms with E-state index in [0.29, 0.717) is 25.9 Å². The highest BCUT2D eigenvalue weighted by atomic mass is 16.5. The van der Waals surface area contributed by atoms with Crippen molar-refractivity contribution in [1.29, 1.82) is 0 Å². The molecule has 1 amide bonds. The first-order valence-electron chi connectivity index (χ1n) is 25.9. The lowest BCUT2D eigenvalue weighted by molar-refractivity contribution is -0.143. The lowest BCUT2D eigenvalue weighted by atomic mass is 10.0. The van der Waals surface area contributed by atoms with Crippen LogP contribution in [-0.4, -0.2) is 47.4 Å². The first kappa shape index (κ1) is 56.6. The van der Waals surface area contributed by atoms with Gasteiger partial charge in [0.15, 0.2) is 0 Å². The third-order valence-electron chi connectivity index (χ3n) is 12.1. The van der Waals surface area contributed by atoms with E-state index in [1.54, 1.807) is 0 Å². The lowest BCUT2D eigenvalue weighted by Gasteiger charge is -2.22. The predicted molar refractivity (Wildman–Crippen MR) is 250 cm³/mol. The Morgan fingerprint density at radius 3 is 1.26 bits per heavy atom. The number of ether oxygens (including phenoxy) is 1. The Morgan fingerprint density at radius 1 is 0.466 bits per heavy atom. The van der Waals surface area contributed by atoms with E-state index in [1.165, 1.54) is 180 Å². The van der Waals surface area contributed by atoms with Crippen LogP contribution in [-0.2, 0) is 14.3 Å². The van der Waals surface area contributed by atoms with E-state index < -0.39 is 12.1 Å². The summed E-state index contributed by atoms with van der Waals surface area (Å²) in [6.45, 7) is 4.87. The van der Waals surface area contributed by atoms with E-state index in [9.17, 15) is 19.8 Å². The molecular weight excluding hydrogens is 719 g/mol. The molecule has 3 N–H and O–H groups in total. The summed E-state index contributed by atoms with van der Waals surface area (Å²) in [5.74, 6) is -0.128. The van der Waals surface area contributed by atoms with Crippen molar-refractivity contribution in [3.05, 3.63) is 12.2 Å². The molecule has 0 aliphatic rings. The number of rotatable bonds is 48. The normalized spacial score (nSPS) is 12.7. The van der Waals surface area contributed by atoms with Crippen LogP contribution in [0.1, 0.15) is 284 Å². The monoisotopic (exact) mass is 820 g/mol. The van der Waals surface area contributed by atoms with Crippen LogP contribution in [0.15, 0.2) is 12.2 Å². The number of aliphatic hydroxyl groups excluding tert-OH is 2. The maximum absolute atomic E-state index is 12.4. The smallest absolute Gasteiger partial charge is 0.305 e. The number of carbonyl (C=O) groups excluding carboxylic acids is 2. The van der Waals surface area contributed by atoms with Crippen LogP contribution >= 0.6 is 0 Å². The number of hydrogen-bond acceptors (Lipinski definition) is 5. The van der Waals surface area contributed by atoms with E-state index in [2.05, 4.69) is 31.3 Å². The Labute approximate surface area is 361 Å². The number of carbonyl (C=O) groups is 2. The van der Waals surface area contributed by atoms with Crippen LogP contribution in [0, 0.1) is 0 Å². The van der Waals surface area contributed by atoms with Crippen molar-refractivity contribution in [1.82, 2.24) is 5.32 Å². The van der Waals surface area contributed by atoms with Crippen LogP contribution < -0.4 is 5.32 Å². The molecule has 0 aliphatic carbocycles. The summed E-state index contributed by atoms with van der Waals surface area (Å²) < 4.78 is 5.42. The second-order valence-corrected chi connectivity index (χ2v) is 17.9. The molecule has 58 heavy (non-hydrogen) atoms. The van der Waals surface area contributed by atoms with Gasteiger partial charge in [0, 0.05) is 12.8 Å². The van der Waals surface area contributed by atoms with Crippen LogP contribution in [0.3, 0.4) is 0 Å². The minimum atomic E-state index is -0.694. The molecule has 0 saturated heterocycles. The fourth-order valence-corrected chi connectivity index (χ4v) is 8.05. The van der Waals surface area contributed by atoms with E-state index >= 15 is 0 Å². The van der Waals surface area contributed by atoms with Crippen molar-refractivity contribution < 1.29 is 24.5 Å². The zero-order valence-corrected chi connectivity index (χ0v) is 39.0. The van der Waals surface area contributed by atoms with Gasteiger partial charge in [0.05, 0.1) is 25.4 Å². The maximum Gasteiger partial charge on any atom is 0.305 e. The third kappa shape index (κ3) is 44.2. The summed E-state index contributed by atoms with van der Waals surface area (Å²) in [6.07, 6.45) is 54.8. The fourth-order valence-electron chi connectivity index (χ4n) is 8.05. The molecule has 0 fully saturated rings. The van der Waals surface area contributed by atoms with Crippen molar-refractivity contribution in [2.45, 2.75) is 296 Å². The highest BCUT2D eigenvalue weighted by molar-refractivity contribution is 5.76. The summed E-state index contributed by atoms with van der Waals surface area (Å²) in [5.41, 5.74) is 0. The van der Waals surface area contributed by atoms with Gasteiger partial charge >= 0.3 is 5.97 Å². The molecule has 0 bridgehead atoms. The number of esters is 1. The lowest BCUT2D eigenvalue weighted by Crippen LogP contribution is -2.45. The van der Waals surface area contributed by atoms with Crippen molar-refractivity contribution in [2.75, 3.05) is 13.2 Å². The molecular formula is C52H101NO5. The van der Waals surface area contributed by atoms with Gasteiger partial charge in [-0.25, -0.2) is 0 Å². The average molecular weight is 820 g/mol. The Balaban J connectivity index is 3.53. The van der Waals surface area contributed by atoms with Crippen molar-refractivity contribution in [2.24, 2.45) is 0 Å². The van der Waals surface area contributed by atoms with Gasteiger partial charge in [-0.3, -0.25) is 9.59 Å². The predicted octanol–water partition coefficient (Wildman–Crippen LogP) is 15.3. The second kappa shape index (κ2) is 48.3. The number of unbranched alkanes of at least 4 members (excludes halogenated alkanes) is 35. The number of allylic oxidation sites excluding steroid dienone is 2. The van der Waals surface area contributed by atoms with Crippen molar-refractivity contribution in [3.63, 3.8) is 0 Å². The highest BCUT2D eigenvalue weighted by Gasteiger charge is 2.20. The van der Waals surface area contributed by atoms with Gasteiger partial charge in [-0.2, -0.15) is 0 Å². The summed E-state index contributed by atoms with van der Waals surface area (Å²) in [6, 6.07) is -0.578. The largest absolute Gasteiger partial charge is 0.466 e. The number of amides is 1. The molecule has 0 spiro atoms. The van der Waals surface area contributed by atoms with E-state index in [0.717, 1.165) is 70.6 Å². The van der Waals surface area contributed by atoms with Gasteiger partial charge in [-0.1, -0.05) is 238 Å². The molecule has 344 valence electrons. The second-order valence-electron chi connectivity index (χ2n) is 17.9. The SMILES string of the molecule is CCCCCCCCCCCCCCCCCCCCCCCC(O)C(CO)NC(=O)CCC/C=C\CCCCCCOC(=O)CCCCCCCCCCCCC. The molecule has 6 nitrogen and oxygen atoms in total. The summed E-state index contributed by atoms with van der Waals surface area (Å²) in [5, 5.41) is 23.2. The molecule has 0 radical (unpaired) electrons. The zero-order chi connectivity index (χ0) is 42.3. The van der Waals surface area contributed by atoms with Crippen LogP contribution in [0.4, 0.5) is 0 Å². The molecule has 0 aromatic heterocycles. The molecule has 0 aromatic carbocycles. The first-order valence-corrected chi connectivity index (χ1v) is 25.9. The molecule has 0 rings (SSSR count). The van der Waals surface area contributed by atoms with Gasteiger partial charge in [-0.05, 0) is 44.9 Å². The zero-order valence-electron chi connectivity index (χ0n) is 39.0. The minimum Gasteiger partial charge on any atom is -0.466 e. The quantitative estimate of drug-likeness (QED) is 0.0323. The number of aliphatic hydroxyl groups is 2. The van der Waals surface area contributed by atoms with E-state index in [4.69, 9.17) is 4.74 Å². The maximum atomic E-state index is 12.4. The summed E-state index contributed by atoms with van der Waals surface area (Å²) in [7, 11) is 0. The average Bonchev–Trinajstić information content (AvgIpc) is 3.22. The molecule has 2 unspecified atom stereocenters. The van der Waals surface area contributed by atoms with Gasteiger partial charge in [0.2, 0.25) is 5.91 Å². The van der Waals surface area contributed by atoms with Crippen LogP contribution in [0.5, 0.6) is 0 Å². The van der Waals surface area contributed by atoms with Gasteiger partial charge in [-0.15, -0.1) is 0 Å². The van der Waals surface area contributed by atoms with E-state index in [1.807, 2.05) is 0 Å². The van der Waals surface area contributed by atoms with Gasteiger partial charge in [0.1, 0.15) is 0 Å². The Kier molecular flexibility index (Phi) is 47.1. The Morgan fingerprint density at radius 2 is 0.828 bits per heavy atom. The molecule has 0 saturated carbocycles. The molecule has 0 aromatic rings. The topological polar surface area (TPSA) is 95.9 Å². The van der Waals surface area contributed by atoms with Crippen molar-refractivity contribution >= 4 is 11.9 Å². The minimum absolute atomic E-state index is 0.0353.